The van der Waals surface area contributed by atoms with E-state index in [1.54, 1.807) is 13.3 Å². The van der Waals surface area contributed by atoms with Crippen LogP contribution in [-0.4, -0.2) is 17.1 Å². The Bertz CT molecular complexity index is 1380. The SMILES string of the molecule is COc1ccccc1-c1nccc2nc(-c3ccc(CN)cc3)c(-c3ccccc3)cc12. The predicted molar refractivity (Wildman–Crippen MR) is 130 cm³/mol. The zero-order chi connectivity index (χ0) is 21.9. The van der Waals surface area contributed by atoms with E-state index in [4.69, 9.17) is 20.4 Å². The molecule has 0 amide bonds. The number of hydrogen-bond donors (Lipinski definition) is 1. The Hall–Kier alpha value is -4.02. The van der Waals surface area contributed by atoms with Gasteiger partial charge in [-0.05, 0) is 35.4 Å². The first-order chi connectivity index (χ1) is 15.8. The molecule has 4 nitrogen and oxygen atoms in total. The average molecular weight is 418 g/mol. The van der Waals surface area contributed by atoms with Crippen LogP contribution < -0.4 is 10.5 Å². The fourth-order valence-corrected chi connectivity index (χ4v) is 4.01. The van der Waals surface area contributed by atoms with Crippen LogP contribution in [0.15, 0.2) is 97.2 Å². The summed E-state index contributed by atoms with van der Waals surface area (Å²) in [7, 11) is 1.68. The highest BCUT2D eigenvalue weighted by molar-refractivity contribution is 5.99. The van der Waals surface area contributed by atoms with Crippen molar-refractivity contribution in [1.82, 2.24) is 9.97 Å². The van der Waals surface area contributed by atoms with Gasteiger partial charge in [-0.15, -0.1) is 0 Å². The van der Waals surface area contributed by atoms with E-state index in [1.807, 2.05) is 48.5 Å². The number of para-hydroxylation sites is 1. The molecule has 2 N–H and O–H groups in total. The summed E-state index contributed by atoms with van der Waals surface area (Å²) in [4.78, 5) is 9.82. The number of methoxy groups -OCH3 is 1. The quantitative estimate of drug-likeness (QED) is 0.375. The summed E-state index contributed by atoms with van der Waals surface area (Å²) in [5.41, 5.74) is 13.7. The minimum atomic E-state index is 0.519. The summed E-state index contributed by atoms with van der Waals surface area (Å²) in [6, 6.07) is 30.7. The van der Waals surface area contributed by atoms with E-state index in [0.29, 0.717) is 6.54 Å². The van der Waals surface area contributed by atoms with Crippen LogP contribution in [0, 0.1) is 0 Å². The number of benzene rings is 3. The van der Waals surface area contributed by atoms with Gasteiger partial charge in [-0.1, -0.05) is 66.7 Å². The van der Waals surface area contributed by atoms with Crippen molar-refractivity contribution in [3.63, 3.8) is 0 Å². The second kappa shape index (κ2) is 8.61. The van der Waals surface area contributed by atoms with Gasteiger partial charge in [0, 0.05) is 34.8 Å². The highest BCUT2D eigenvalue weighted by Crippen LogP contribution is 2.38. The molecule has 0 bridgehead atoms. The highest BCUT2D eigenvalue weighted by atomic mass is 16.5. The van der Waals surface area contributed by atoms with E-state index in [0.717, 1.165) is 55.9 Å². The molecule has 0 unspecified atom stereocenters. The molecule has 0 spiro atoms. The lowest BCUT2D eigenvalue weighted by Crippen LogP contribution is -1.97. The third-order valence-corrected chi connectivity index (χ3v) is 5.65. The molecule has 5 rings (SSSR count). The van der Waals surface area contributed by atoms with Crippen molar-refractivity contribution in [2.24, 2.45) is 5.73 Å². The zero-order valence-electron chi connectivity index (χ0n) is 17.8. The van der Waals surface area contributed by atoms with Gasteiger partial charge in [0.1, 0.15) is 5.75 Å². The molecule has 156 valence electrons. The molecular formula is C28H23N3O. The molecule has 0 atom stereocenters. The lowest BCUT2D eigenvalue weighted by molar-refractivity contribution is 0.416. The Morgan fingerprint density at radius 1 is 0.750 bits per heavy atom. The second-order valence-electron chi connectivity index (χ2n) is 7.58. The van der Waals surface area contributed by atoms with Crippen LogP contribution in [0.25, 0.3) is 44.5 Å². The number of fused-ring (bicyclic) bond motifs is 1. The maximum atomic E-state index is 5.80. The van der Waals surface area contributed by atoms with Crippen LogP contribution in [0.3, 0.4) is 0 Å². The van der Waals surface area contributed by atoms with Gasteiger partial charge >= 0.3 is 0 Å². The van der Waals surface area contributed by atoms with Gasteiger partial charge in [0.25, 0.3) is 0 Å². The van der Waals surface area contributed by atoms with Gasteiger partial charge in [-0.3, -0.25) is 4.98 Å². The second-order valence-corrected chi connectivity index (χ2v) is 7.58. The fraction of sp³-hybridized carbons (Fsp3) is 0.0714. The largest absolute Gasteiger partial charge is 0.496 e. The standard InChI is InChI=1S/C28H23N3O/c1-32-26-10-6-5-9-22(26)28-24-17-23(20-7-3-2-4-8-20)27(31-25(24)15-16-30-28)21-13-11-19(18-29)12-14-21/h2-17H,18,29H2,1H3. The van der Waals surface area contributed by atoms with E-state index in [2.05, 4.69) is 42.5 Å². The third kappa shape index (κ3) is 3.61. The first kappa shape index (κ1) is 19.9. The van der Waals surface area contributed by atoms with Gasteiger partial charge < -0.3 is 10.5 Å². The monoisotopic (exact) mass is 417 g/mol. The van der Waals surface area contributed by atoms with Crippen molar-refractivity contribution >= 4 is 10.9 Å². The van der Waals surface area contributed by atoms with E-state index in [1.165, 1.54) is 0 Å². The summed E-state index contributed by atoms with van der Waals surface area (Å²) < 4.78 is 5.61. The van der Waals surface area contributed by atoms with E-state index < -0.39 is 0 Å². The molecule has 0 fully saturated rings. The molecular weight excluding hydrogens is 394 g/mol. The Labute approximate surface area is 187 Å². The molecule has 5 aromatic rings. The Balaban J connectivity index is 1.80. The number of hydrogen-bond acceptors (Lipinski definition) is 4. The number of pyridine rings is 2. The minimum absolute atomic E-state index is 0.519. The number of ether oxygens (including phenoxy) is 1. The van der Waals surface area contributed by atoms with Gasteiger partial charge in [0.05, 0.1) is 24.0 Å². The molecule has 2 heterocycles. The van der Waals surface area contributed by atoms with Crippen LogP contribution in [0.5, 0.6) is 5.75 Å². The molecule has 0 aliphatic rings. The summed E-state index contributed by atoms with van der Waals surface area (Å²) in [6.07, 6.45) is 1.81. The minimum Gasteiger partial charge on any atom is -0.496 e. The first-order valence-corrected chi connectivity index (χ1v) is 10.6. The summed E-state index contributed by atoms with van der Waals surface area (Å²) >= 11 is 0. The molecule has 0 aliphatic heterocycles. The Morgan fingerprint density at radius 3 is 2.25 bits per heavy atom. The van der Waals surface area contributed by atoms with Crippen LogP contribution in [0.1, 0.15) is 5.56 Å². The normalized spacial score (nSPS) is 10.9. The van der Waals surface area contributed by atoms with Gasteiger partial charge in [0.2, 0.25) is 0 Å². The number of nitrogens with two attached hydrogens (primary N) is 1. The molecule has 3 aromatic carbocycles. The summed E-state index contributed by atoms with van der Waals surface area (Å²) in [5, 5.41) is 0.984. The smallest absolute Gasteiger partial charge is 0.128 e. The lowest BCUT2D eigenvalue weighted by atomic mass is 9.95. The number of rotatable bonds is 5. The third-order valence-electron chi connectivity index (χ3n) is 5.65. The van der Waals surface area contributed by atoms with Crippen molar-refractivity contribution in [1.29, 1.82) is 0 Å². The summed E-state index contributed by atoms with van der Waals surface area (Å²) in [5.74, 6) is 0.787. The van der Waals surface area contributed by atoms with E-state index >= 15 is 0 Å². The Kier molecular flexibility index (Phi) is 5.36. The van der Waals surface area contributed by atoms with Crippen molar-refractivity contribution in [3.8, 4) is 39.4 Å². The fourth-order valence-electron chi connectivity index (χ4n) is 4.01. The van der Waals surface area contributed by atoms with Crippen molar-refractivity contribution in [3.05, 3.63) is 103 Å². The maximum Gasteiger partial charge on any atom is 0.128 e. The molecule has 2 aromatic heterocycles. The van der Waals surface area contributed by atoms with Crippen LogP contribution in [0.4, 0.5) is 0 Å². The molecule has 0 aliphatic carbocycles. The van der Waals surface area contributed by atoms with Crippen molar-refractivity contribution < 1.29 is 4.74 Å². The van der Waals surface area contributed by atoms with Crippen molar-refractivity contribution in [2.45, 2.75) is 6.54 Å². The summed E-state index contributed by atoms with van der Waals surface area (Å²) in [6.45, 7) is 0.519. The van der Waals surface area contributed by atoms with Gasteiger partial charge in [0.15, 0.2) is 0 Å². The van der Waals surface area contributed by atoms with Gasteiger partial charge in [-0.25, -0.2) is 4.98 Å². The molecule has 0 saturated heterocycles. The lowest BCUT2D eigenvalue weighted by Gasteiger charge is -2.15. The number of aromatic nitrogens is 2. The number of nitrogens with zero attached hydrogens (tertiary/aromatic N) is 2. The molecule has 4 heteroatoms. The van der Waals surface area contributed by atoms with Crippen LogP contribution >= 0.6 is 0 Å². The maximum absolute atomic E-state index is 5.80. The van der Waals surface area contributed by atoms with E-state index in [9.17, 15) is 0 Å². The predicted octanol–water partition coefficient (Wildman–Crippen LogP) is 6.10. The first-order valence-electron chi connectivity index (χ1n) is 10.6. The molecule has 32 heavy (non-hydrogen) atoms. The van der Waals surface area contributed by atoms with E-state index in [-0.39, 0.29) is 0 Å². The molecule has 0 radical (unpaired) electrons. The average Bonchev–Trinajstić information content (AvgIpc) is 2.88. The Morgan fingerprint density at radius 2 is 1.50 bits per heavy atom. The van der Waals surface area contributed by atoms with Crippen LogP contribution in [0.2, 0.25) is 0 Å². The van der Waals surface area contributed by atoms with Gasteiger partial charge in [-0.2, -0.15) is 0 Å². The molecule has 0 saturated carbocycles. The zero-order valence-corrected chi connectivity index (χ0v) is 17.8. The van der Waals surface area contributed by atoms with Crippen LogP contribution in [-0.2, 0) is 6.54 Å². The van der Waals surface area contributed by atoms with Crippen molar-refractivity contribution in [2.75, 3.05) is 7.11 Å². The topological polar surface area (TPSA) is 61.0 Å². The highest BCUT2D eigenvalue weighted by Gasteiger charge is 2.16.